The van der Waals surface area contributed by atoms with Gasteiger partial charge in [-0.3, -0.25) is 9.78 Å². The van der Waals surface area contributed by atoms with Crippen molar-refractivity contribution in [3.05, 3.63) is 41.5 Å². The topological polar surface area (TPSA) is 77.7 Å². The molecule has 0 aromatic carbocycles. The largest absolute Gasteiger partial charge is 0.484 e. The first kappa shape index (κ1) is 18.4. The van der Waals surface area contributed by atoms with E-state index >= 15 is 0 Å². The van der Waals surface area contributed by atoms with E-state index in [0.29, 0.717) is 18.1 Å². The van der Waals surface area contributed by atoms with E-state index < -0.39 is 0 Å². The minimum Gasteiger partial charge on any atom is -0.484 e. The van der Waals surface area contributed by atoms with Crippen LogP contribution < -0.4 is 4.74 Å². The fourth-order valence-electron chi connectivity index (χ4n) is 2.85. The van der Waals surface area contributed by atoms with Gasteiger partial charge in [-0.15, -0.1) is 0 Å². The number of nitrogens with zero attached hydrogens (tertiary/aromatic N) is 3. The van der Waals surface area contributed by atoms with Crippen LogP contribution in [0.15, 0.2) is 28.9 Å². The number of aromatic nitrogens is 2. The number of rotatable bonds is 7. The maximum atomic E-state index is 12.5. The summed E-state index contributed by atoms with van der Waals surface area (Å²) in [4.78, 5) is 18.3. The second-order valence-electron chi connectivity index (χ2n) is 6.61. The molecule has 7 heteroatoms. The molecule has 0 bridgehead atoms. The summed E-state index contributed by atoms with van der Waals surface area (Å²) in [6.45, 7) is 3.57. The number of pyridine rings is 1. The lowest BCUT2D eigenvalue weighted by atomic mass is 10.1. The van der Waals surface area contributed by atoms with Gasteiger partial charge in [0.1, 0.15) is 12.4 Å². The quantitative estimate of drug-likeness (QED) is 0.756. The molecule has 1 aliphatic heterocycles. The molecule has 140 valence electrons. The Labute approximate surface area is 153 Å². The fourth-order valence-corrected chi connectivity index (χ4v) is 2.85. The SMILES string of the molecule is Cc1ccc(OCc2cc(C(=O)N(C)CC[C@H]3CCCCO3)no2)cn1. The van der Waals surface area contributed by atoms with Crippen LogP contribution >= 0.6 is 0 Å². The van der Waals surface area contributed by atoms with E-state index in [2.05, 4.69) is 10.1 Å². The van der Waals surface area contributed by atoms with Crippen LogP contribution in [0.4, 0.5) is 0 Å². The summed E-state index contributed by atoms with van der Waals surface area (Å²) in [7, 11) is 1.77. The number of aryl methyl sites for hydroxylation is 1. The fraction of sp³-hybridized carbons (Fsp3) is 0.526. The van der Waals surface area contributed by atoms with Crippen LogP contribution in [0.3, 0.4) is 0 Å². The summed E-state index contributed by atoms with van der Waals surface area (Å²) < 4.78 is 16.5. The van der Waals surface area contributed by atoms with Crippen LogP contribution in [0, 0.1) is 6.92 Å². The summed E-state index contributed by atoms with van der Waals surface area (Å²) in [5.74, 6) is 0.982. The van der Waals surface area contributed by atoms with Gasteiger partial charge in [-0.2, -0.15) is 0 Å². The molecule has 1 saturated heterocycles. The van der Waals surface area contributed by atoms with Crippen molar-refractivity contribution >= 4 is 5.91 Å². The predicted octanol–water partition coefficient (Wildman–Crippen LogP) is 2.99. The van der Waals surface area contributed by atoms with Gasteiger partial charge in [0.15, 0.2) is 11.5 Å². The van der Waals surface area contributed by atoms with Crippen LogP contribution in [-0.4, -0.2) is 47.3 Å². The first-order valence-corrected chi connectivity index (χ1v) is 9.00. The highest BCUT2D eigenvalue weighted by molar-refractivity contribution is 5.92. The van der Waals surface area contributed by atoms with E-state index in [0.717, 1.165) is 31.6 Å². The Kier molecular flexibility index (Phi) is 6.22. The molecule has 1 atom stereocenters. The number of carbonyl (C=O) groups is 1. The van der Waals surface area contributed by atoms with Crippen LogP contribution in [0.25, 0.3) is 0 Å². The van der Waals surface area contributed by atoms with Gasteiger partial charge in [-0.05, 0) is 44.7 Å². The molecular formula is C19H25N3O4. The summed E-state index contributed by atoms with van der Waals surface area (Å²) in [5.41, 5.74) is 1.21. The van der Waals surface area contributed by atoms with Crippen LogP contribution in [0.2, 0.25) is 0 Å². The van der Waals surface area contributed by atoms with Crippen molar-refractivity contribution < 1.29 is 18.8 Å². The average molecular weight is 359 g/mol. The Morgan fingerprint density at radius 3 is 3.00 bits per heavy atom. The molecule has 3 rings (SSSR count). The van der Waals surface area contributed by atoms with Crippen molar-refractivity contribution in [2.45, 2.75) is 45.3 Å². The maximum absolute atomic E-state index is 12.5. The van der Waals surface area contributed by atoms with Crippen molar-refractivity contribution in [2.75, 3.05) is 20.2 Å². The summed E-state index contributed by atoms with van der Waals surface area (Å²) in [6, 6.07) is 5.33. The molecule has 0 N–H and O–H groups in total. The average Bonchev–Trinajstić information content (AvgIpc) is 3.15. The third-order valence-corrected chi connectivity index (χ3v) is 4.45. The van der Waals surface area contributed by atoms with Crippen LogP contribution in [0.5, 0.6) is 5.75 Å². The van der Waals surface area contributed by atoms with Gasteiger partial charge < -0.3 is 18.9 Å². The minimum absolute atomic E-state index is 0.159. The predicted molar refractivity (Wildman–Crippen MR) is 95.0 cm³/mol. The van der Waals surface area contributed by atoms with Crippen molar-refractivity contribution in [3.8, 4) is 5.75 Å². The Hall–Kier alpha value is -2.41. The Bertz CT molecular complexity index is 708. The summed E-state index contributed by atoms with van der Waals surface area (Å²) in [6.07, 6.45) is 6.15. The van der Waals surface area contributed by atoms with Gasteiger partial charge >= 0.3 is 0 Å². The standard InChI is InChI=1S/C19H25N3O4/c1-14-6-7-16(12-20-14)25-13-17-11-18(21-26-17)19(23)22(2)9-8-15-5-3-4-10-24-15/h6-7,11-12,15H,3-5,8-10,13H2,1-2H3/t15-/m1/s1. The highest BCUT2D eigenvalue weighted by Gasteiger charge is 2.20. The zero-order valence-corrected chi connectivity index (χ0v) is 15.3. The number of hydrogen-bond donors (Lipinski definition) is 0. The third kappa shape index (κ3) is 5.05. The van der Waals surface area contributed by atoms with Gasteiger partial charge in [-0.1, -0.05) is 5.16 Å². The second-order valence-corrected chi connectivity index (χ2v) is 6.61. The van der Waals surface area contributed by atoms with Gasteiger partial charge in [-0.25, -0.2) is 0 Å². The molecule has 7 nitrogen and oxygen atoms in total. The van der Waals surface area contributed by atoms with E-state index in [1.807, 2.05) is 19.1 Å². The molecule has 0 unspecified atom stereocenters. The molecule has 0 saturated carbocycles. The molecular weight excluding hydrogens is 334 g/mol. The molecule has 2 aromatic heterocycles. The summed E-state index contributed by atoms with van der Waals surface area (Å²) in [5, 5.41) is 3.87. The number of hydrogen-bond acceptors (Lipinski definition) is 6. The monoisotopic (exact) mass is 359 g/mol. The Morgan fingerprint density at radius 1 is 1.38 bits per heavy atom. The molecule has 0 radical (unpaired) electrons. The minimum atomic E-state index is -0.159. The number of ether oxygens (including phenoxy) is 2. The molecule has 1 amide bonds. The zero-order chi connectivity index (χ0) is 18.4. The maximum Gasteiger partial charge on any atom is 0.275 e. The molecule has 0 aliphatic carbocycles. The second kappa shape index (κ2) is 8.80. The first-order valence-electron chi connectivity index (χ1n) is 9.00. The van der Waals surface area contributed by atoms with E-state index in [4.69, 9.17) is 14.0 Å². The van der Waals surface area contributed by atoms with Gasteiger partial charge in [0.25, 0.3) is 5.91 Å². The first-order chi connectivity index (χ1) is 12.6. The molecule has 2 aromatic rings. The lowest BCUT2D eigenvalue weighted by Crippen LogP contribution is -2.31. The lowest BCUT2D eigenvalue weighted by Gasteiger charge is -2.24. The smallest absolute Gasteiger partial charge is 0.275 e. The van der Waals surface area contributed by atoms with E-state index in [1.54, 1.807) is 24.2 Å². The zero-order valence-electron chi connectivity index (χ0n) is 15.3. The number of carbonyl (C=O) groups excluding carboxylic acids is 1. The van der Waals surface area contributed by atoms with Crippen molar-refractivity contribution in [1.29, 1.82) is 0 Å². The molecule has 1 fully saturated rings. The van der Waals surface area contributed by atoms with Crippen LogP contribution in [-0.2, 0) is 11.3 Å². The lowest BCUT2D eigenvalue weighted by molar-refractivity contribution is 0.00703. The number of amides is 1. The van der Waals surface area contributed by atoms with E-state index in [9.17, 15) is 4.79 Å². The van der Waals surface area contributed by atoms with E-state index in [1.165, 1.54) is 6.42 Å². The normalized spacial score (nSPS) is 17.1. The van der Waals surface area contributed by atoms with Crippen molar-refractivity contribution in [3.63, 3.8) is 0 Å². The van der Waals surface area contributed by atoms with Crippen molar-refractivity contribution in [1.82, 2.24) is 15.0 Å². The molecule has 3 heterocycles. The van der Waals surface area contributed by atoms with E-state index in [-0.39, 0.29) is 24.3 Å². The highest BCUT2D eigenvalue weighted by Crippen LogP contribution is 2.17. The van der Waals surface area contributed by atoms with Gasteiger partial charge in [0.2, 0.25) is 0 Å². The van der Waals surface area contributed by atoms with Crippen molar-refractivity contribution in [2.24, 2.45) is 0 Å². The highest BCUT2D eigenvalue weighted by atomic mass is 16.5. The Balaban J connectivity index is 1.47. The molecule has 1 aliphatic rings. The third-order valence-electron chi connectivity index (χ3n) is 4.45. The molecule has 0 spiro atoms. The summed E-state index contributed by atoms with van der Waals surface area (Å²) >= 11 is 0. The Morgan fingerprint density at radius 2 is 2.27 bits per heavy atom. The van der Waals surface area contributed by atoms with Gasteiger partial charge in [0, 0.05) is 32.0 Å². The molecule has 26 heavy (non-hydrogen) atoms. The van der Waals surface area contributed by atoms with Crippen LogP contribution in [0.1, 0.15) is 47.6 Å². The van der Waals surface area contributed by atoms with Gasteiger partial charge in [0.05, 0.1) is 12.3 Å².